The fourth-order valence-electron chi connectivity index (χ4n) is 1.82. The lowest BCUT2D eigenvalue weighted by Gasteiger charge is -2.19. The van der Waals surface area contributed by atoms with Crippen molar-refractivity contribution in [2.24, 2.45) is 4.99 Å². The zero-order valence-electron chi connectivity index (χ0n) is 9.95. The van der Waals surface area contributed by atoms with Gasteiger partial charge >= 0.3 is 0 Å². The Balaban J connectivity index is 2.48. The lowest BCUT2D eigenvalue weighted by atomic mass is 9.90. The van der Waals surface area contributed by atoms with Crippen LogP contribution in [0.5, 0.6) is 0 Å². The Kier molecular flexibility index (Phi) is 2.64. The van der Waals surface area contributed by atoms with E-state index in [4.69, 9.17) is 0 Å². The molecule has 0 saturated heterocycles. The van der Waals surface area contributed by atoms with Crippen molar-refractivity contribution in [3.05, 3.63) is 23.5 Å². The van der Waals surface area contributed by atoms with Gasteiger partial charge in [0.1, 0.15) is 0 Å². The van der Waals surface area contributed by atoms with Gasteiger partial charge in [-0.1, -0.05) is 20.8 Å². The SMILES string of the molecule is CC(C)(C)c1ncc(C2CC2)cc1N=C=O. The first-order valence-electron chi connectivity index (χ1n) is 5.60. The van der Waals surface area contributed by atoms with Crippen LogP contribution in [0.4, 0.5) is 5.69 Å². The molecule has 3 nitrogen and oxygen atoms in total. The summed E-state index contributed by atoms with van der Waals surface area (Å²) < 4.78 is 0. The van der Waals surface area contributed by atoms with E-state index in [1.807, 2.05) is 12.3 Å². The zero-order chi connectivity index (χ0) is 11.8. The molecule has 0 aromatic carbocycles. The Morgan fingerprint density at radius 3 is 2.62 bits per heavy atom. The van der Waals surface area contributed by atoms with Crippen LogP contribution in [0.3, 0.4) is 0 Å². The molecular formula is C13H16N2O. The smallest absolute Gasteiger partial charge is 0.240 e. The number of hydrogen-bond donors (Lipinski definition) is 0. The highest BCUT2D eigenvalue weighted by Gasteiger charge is 2.26. The molecule has 1 aromatic heterocycles. The van der Waals surface area contributed by atoms with Gasteiger partial charge in [0.15, 0.2) is 0 Å². The van der Waals surface area contributed by atoms with Crippen LogP contribution in [-0.4, -0.2) is 11.1 Å². The number of isocyanates is 1. The number of aromatic nitrogens is 1. The minimum absolute atomic E-state index is 0.0994. The molecule has 16 heavy (non-hydrogen) atoms. The molecule has 0 unspecified atom stereocenters. The Morgan fingerprint density at radius 1 is 1.44 bits per heavy atom. The van der Waals surface area contributed by atoms with Crippen molar-refractivity contribution in [2.75, 3.05) is 0 Å². The normalized spacial score (nSPS) is 15.7. The van der Waals surface area contributed by atoms with Crippen molar-refractivity contribution >= 4 is 11.8 Å². The van der Waals surface area contributed by atoms with Gasteiger partial charge in [-0.2, -0.15) is 4.99 Å². The van der Waals surface area contributed by atoms with Crippen molar-refractivity contribution in [2.45, 2.75) is 44.9 Å². The predicted octanol–water partition coefficient (Wildman–Crippen LogP) is 3.22. The Bertz CT molecular complexity index is 449. The van der Waals surface area contributed by atoms with Crippen molar-refractivity contribution in [3.8, 4) is 0 Å². The van der Waals surface area contributed by atoms with E-state index in [1.54, 1.807) is 6.08 Å². The zero-order valence-corrected chi connectivity index (χ0v) is 9.95. The molecule has 3 heteroatoms. The largest absolute Gasteiger partial charge is 0.258 e. The van der Waals surface area contributed by atoms with Crippen LogP contribution in [0.25, 0.3) is 0 Å². The van der Waals surface area contributed by atoms with E-state index < -0.39 is 0 Å². The first-order chi connectivity index (χ1) is 7.52. The molecule has 0 N–H and O–H groups in total. The minimum atomic E-state index is -0.0994. The van der Waals surface area contributed by atoms with Gasteiger partial charge in [-0.05, 0) is 30.4 Å². The van der Waals surface area contributed by atoms with Crippen LogP contribution in [0.1, 0.15) is 50.8 Å². The molecule has 1 aromatic rings. The molecule has 0 radical (unpaired) electrons. The van der Waals surface area contributed by atoms with E-state index in [9.17, 15) is 4.79 Å². The summed E-state index contributed by atoms with van der Waals surface area (Å²) in [7, 11) is 0. The predicted molar refractivity (Wildman–Crippen MR) is 62.7 cm³/mol. The van der Waals surface area contributed by atoms with Crippen LogP contribution in [-0.2, 0) is 10.2 Å². The van der Waals surface area contributed by atoms with Crippen molar-refractivity contribution in [1.82, 2.24) is 4.98 Å². The molecule has 1 aliphatic rings. The standard InChI is InChI=1S/C13H16N2O/c1-13(2,3)12-11(15-8-16)6-10(7-14-12)9-4-5-9/h6-7,9H,4-5H2,1-3H3. The third-order valence-corrected chi connectivity index (χ3v) is 2.81. The highest BCUT2D eigenvalue weighted by atomic mass is 16.1. The summed E-state index contributed by atoms with van der Waals surface area (Å²) in [5, 5.41) is 0. The molecule has 2 rings (SSSR count). The minimum Gasteiger partial charge on any atom is -0.258 e. The van der Waals surface area contributed by atoms with E-state index in [1.165, 1.54) is 18.4 Å². The molecule has 0 bridgehead atoms. The van der Waals surface area contributed by atoms with Crippen molar-refractivity contribution in [3.63, 3.8) is 0 Å². The summed E-state index contributed by atoms with van der Waals surface area (Å²) in [6, 6.07) is 1.98. The van der Waals surface area contributed by atoms with E-state index in [0.29, 0.717) is 11.6 Å². The fraction of sp³-hybridized carbons (Fsp3) is 0.538. The van der Waals surface area contributed by atoms with Crippen LogP contribution in [0, 0.1) is 0 Å². The number of aliphatic imine (C=N–C) groups is 1. The first kappa shape index (κ1) is 11.0. The van der Waals surface area contributed by atoms with Crippen LogP contribution in [0.15, 0.2) is 17.3 Å². The van der Waals surface area contributed by atoms with Gasteiger partial charge in [-0.25, -0.2) is 4.79 Å². The summed E-state index contributed by atoms with van der Waals surface area (Å²) in [6.07, 6.45) is 5.98. The number of carbonyl (C=O) groups excluding carboxylic acids is 1. The van der Waals surface area contributed by atoms with E-state index in [0.717, 1.165) is 5.69 Å². The Morgan fingerprint density at radius 2 is 2.12 bits per heavy atom. The first-order valence-corrected chi connectivity index (χ1v) is 5.60. The molecule has 0 amide bonds. The van der Waals surface area contributed by atoms with Gasteiger partial charge < -0.3 is 0 Å². The van der Waals surface area contributed by atoms with Crippen molar-refractivity contribution in [1.29, 1.82) is 0 Å². The Hall–Kier alpha value is -1.47. The van der Waals surface area contributed by atoms with Gasteiger partial charge in [0, 0.05) is 11.6 Å². The van der Waals surface area contributed by atoms with E-state index >= 15 is 0 Å². The number of pyridine rings is 1. The number of nitrogens with zero attached hydrogens (tertiary/aromatic N) is 2. The summed E-state index contributed by atoms with van der Waals surface area (Å²) in [5.74, 6) is 0.627. The molecule has 1 saturated carbocycles. The van der Waals surface area contributed by atoms with Crippen LogP contribution < -0.4 is 0 Å². The average molecular weight is 216 g/mol. The van der Waals surface area contributed by atoms with Gasteiger partial charge in [-0.15, -0.1) is 0 Å². The van der Waals surface area contributed by atoms with Gasteiger partial charge in [0.2, 0.25) is 6.08 Å². The lowest BCUT2D eigenvalue weighted by molar-refractivity contribution is 0.561. The van der Waals surface area contributed by atoms with Gasteiger partial charge in [-0.3, -0.25) is 4.98 Å². The summed E-state index contributed by atoms with van der Waals surface area (Å²) in [5.41, 5.74) is 2.63. The van der Waals surface area contributed by atoms with Gasteiger partial charge in [0.05, 0.1) is 11.4 Å². The highest BCUT2D eigenvalue weighted by Crippen LogP contribution is 2.42. The number of hydrogen-bond acceptors (Lipinski definition) is 3. The molecule has 1 fully saturated rings. The van der Waals surface area contributed by atoms with Crippen molar-refractivity contribution < 1.29 is 4.79 Å². The van der Waals surface area contributed by atoms with Crippen LogP contribution in [0.2, 0.25) is 0 Å². The van der Waals surface area contributed by atoms with Crippen LogP contribution >= 0.6 is 0 Å². The maximum absolute atomic E-state index is 10.4. The molecule has 0 aliphatic heterocycles. The summed E-state index contributed by atoms with van der Waals surface area (Å²) in [4.78, 5) is 18.7. The third kappa shape index (κ3) is 2.20. The Labute approximate surface area is 95.6 Å². The lowest BCUT2D eigenvalue weighted by Crippen LogP contribution is -2.13. The van der Waals surface area contributed by atoms with Gasteiger partial charge in [0.25, 0.3) is 0 Å². The highest BCUT2D eigenvalue weighted by molar-refractivity contribution is 5.55. The molecular weight excluding hydrogens is 200 g/mol. The molecule has 0 atom stereocenters. The third-order valence-electron chi connectivity index (χ3n) is 2.81. The topological polar surface area (TPSA) is 42.3 Å². The maximum atomic E-state index is 10.4. The molecule has 0 spiro atoms. The fourth-order valence-corrected chi connectivity index (χ4v) is 1.82. The van der Waals surface area contributed by atoms with E-state index in [-0.39, 0.29) is 5.41 Å². The average Bonchev–Trinajstić information content (AvgIpc) is 2.99. The number of rotatable bonds is 2. The summed E-state index contributed by atoms with van der Waals surface area (Å²) >= 11 is 0. The molecule has 84 valence electrons. The second-order valence-electron chi connectivity index (χ2n) is 5.36. The quantitative estimate of drug-likeness (QED) is 0.562. The second kappa shape index (κ2) is 3.84. The van der Waals surface area contributed by atoms with E-state index in [2.05, 4.69) is 30.7 Å². The molecule has 1 aliphatic carbocycles. The second-order valence-corrected chi connectivity index (χ2v) is 5.36. The maximum Gasteiger partial charge on any atom is 0.240 e. The molecule has 1 heterocycles. The summed E-state index contributed by atoms with van der Waals surface area (Å²) in [6.45, 7) is 6.20. The monoisotopic (exact) mass is 216 g/mol.